The number of hydrogen-bond donors (Lipinski definition) is 2. The summed E-state index contributed by atoms with van der Waals surface area (Å²) in [6.07, 6.45) is -6.08. The maximum absolute atomic E-state index is 11.6. The Labute approximate surface area is 144 Å². The number of aromatic amines is 1. The molecule has 0 unspecified atom stereocenters. The number of aryl methyl sites for hydroxylation is 1. The van der Waals surface area contributed by atoms with E-state index in [9.17, 15) is 4.79 Å². The molecule has 0 aliphatic carbocycles. The molecule has 5 heteroatoms. The van der Waals surface area contributed by atoms with Gasteiger partial charge in [0.25, 0.3) is 0 Å². The lowest BCUT2D eigenvalue weighted by Gasteiger charge is -2.09. The van der Waals surface area contributed by atoms with Crippen LogP contribution in [-0.4, -0.2) is 49.1 Å². The van der Waals surface area contributed by atoms with Gasteiger partial charge in [0.1, 0.15) is 6.61 Å². The number of cyclic esters (lactones) is 1. The van der Waals surface area contributed by atoms with Crippen molar-refractivity contribution in [2.45, 2.75) is 18.8 Å². The summed E-state index contributed by atoms with van der Waals surface area (Å²) < 4.78 is 118. The molecule has 1 fully saturated rings. The van der Waals surface area contributed by atoms with E-state index in [0.29, 0.717) is 0 Å². The smallest absolute Gasteiger partial charge is 0.407 e. The summed E-state index contributed by atoms with van der Waals surface area (Å²) in [5.74, 6) is 0. The number of hydrogen-bond acceptors (Lipinski definition) is 3. The van der Waals surface area contributed by atoms with Crippen LogP contribution in [0.5, 0.6) is 0 Å². The van der Waals surface area contributed by atoms with E-state index in [2.05, 4.69) is 4.74 Å². The van der Waals surface area contributed by atoms with Gasteiger partial charge in [-0.1, -0.05) is 6.04 Å². The van der Waals surface area contributed by atoms with Crippen LogP contribution in [0.2, 0.25) is 2.82 Å². The predicted molar refractivity (Wildman–Crippen MR) is 82.5 cm³/mol. The number of H-pyrrole nitrogens is 1. The zero-order valence-corrected chi connectivity index (χ0v) is 11.1. The average molecular weight is 301 g/mol. The van der Waals surface area contributed by atoms with Crippen molar-refractivity contribution in [3.8, 4) is 0 Å². The van der Waals surface area contributed by atoms with Crippen LogP contribution in [0.15, 0.2) is 24.3 Å². The third-order valence-corrected chi connectivity index (χ3v) is 2.72. The second-order valence-corrected chi connectivity index (χ2v) is 4.38. The number of amides is 1. The van der Waals surface area contributed by atoms with Crippen LogP contribution < -0.4 is 5.31 Å². The van der Waals surface area contributed by atoms with Crippen LogP contribution >= 0.6 is 0 Å². The highest BCUT2D eigenvalue weighted by atomic mass is 16.6. The SMILES string of the molecule is [2H]c1c(C[C@@]2([2H])COC(=O)N2[2H])c([2H])c2c(C([2H])([2H])C([2H])([2H])N(C)C([2H])([2H])[2H])c([2H])n([2H])c2c1[2H]. The molecule has 0 spiro atoms. The van der Waals surface area contributed by atoms with E-state index in [1.165, 1.54) is 0 Å². The molecule has 21 heavy (non-hydrogen) atoms. The molecule has 1 aliphatic rings. The van der Waals surface area contributed by atoms with E-state index in [0.717, 1.165) is 7.05 Å². The van der Waals surface area contributed by atoms with Gasteiger partial charge in [0.05, 0.1) is 12.9 Å². The summed E-state index contributed by atoms with van der Waals surface area (Å²) in [5, 5.41) is -0.394. The van der Waals surface area contributed by atoms with Gasteiger partial charge >= 0.3 is 6.09 Å². The van der Waals surface area contributed by atoms with E-state index in [4.69, 9.17) is 19.3 Å². The molecule has 1 saturated heterocycles. The normalized spacial score (nSPS) is 33.8. The molecule has 3 rings (SSSR count). The quantitative estimate of drug-likeness (QED) is 0.887. The van der Waals surface area contributed by atoms with Gasteiger partial charge in [0.2, 0.25) is 0 Å². The van der Waals surface area contributed by atoms with Crippen LogP contribution in [0.25, 0.3) is 10.9 Å². The molecule has 0 saturated carbocycles. The first-order valence-corrected chi connectivity index (χ1v) is 6.05. The number of nitrogens with zero attached hydrogens (tertiary/aromatic N) is 1. The maximum Gasteiger partial charge on any atom is 0.407 e. The zero-order chi connectivity index (χ0) is 27.0. The number of carbonyl (C=O) groups is 1. The van der Waals surface area contributed by atoms with Crippen LogP contribution in [-0.2, 0) is 17.5 Å². The molecule has 5 nitrogen and oxygen atoms in total. The third-order valence-electron chi connectivity index (χ3n) is 2.72. The van der Waals surface area contributed by atoms with E-state index in [1.807, 2.05) is 0 Å². The Balaban J connectivity index is 2.35. The summed E-state index contributed by atoms with van der Waals surface area (Å²) in [5.41, 5.74) is -1.83. The summed E-state index contributed by atoms with van der Waals surface area (Å²) in [6, 6.07) is -4.20. The molecule has 0 bridgehead atoms. The standard InChI is InChI=1S/C16H21N3O2/c1-19(2)6-5-12-9-17-15-4-3-11(8-14(12)15)7-13-10-21-16(20)18-13/h3-4,8-9,13,17H,5-7,10H2,1-2H3,(H,18,20)/t13-/m0/s1/i1D3,3D,4D,5D2,6D2,8D,9D,13D/hD2. The predicted octanol–water partition coefficient (Wildman–Crippen LogP) is 1.92. The lowest BCUT2D eigenvalue weighted by atomic mass is 10.0. The van der Waals surface area contributed by atoms with Gasteiger partial charge in [-0.25, -0.2) is 4.79 Å². The van der Waals surface area contributed by atoms with Gasteiger partial charge in [-0.2, -0.15) is 0 Å². The van der Waals surface area contributed by atoms with Gasteiger partial charge in [0, 0.05) is 33.2 Å². The molecule has 1 amide bonds. The number of ether oxygens (including phenoxy) is 1. The highest BCUT2D eigenvalue weighted by molar-refractivity contribution is 5.84. The summed E-state index contributed by atoms with van der Waals surface area (Å²) >= 11 is 0. The first kappa shape index (κ1) is 5.02. The minimum absolute atomic E-state index is 0.135. The number of alkyl carbamates (subject to hydrolysis) is 1. The molecule has 1 aliphatic heterocycles. The van der Waals surface area contributed by atoms with Gasteiger partial charge in [0.15, 0.2) is 2.82 Å². The van der Waals surface area contributed by atoms with Crippen molar-refractivity contribution in [3.63, 3.8) is 0 Å². The molecule has 2 aromatic rings. The van der Waals surface area contributed by atoms with Crippen LogP contribution in [0.4, 0.5) is 4.79 Å². The van der Waals surface area contributed by atoms with Crippen molar-refractivity contribution in [2.75, 3.05) is 27.1 Å². The topological polar surface area (TPSA) is 57.4 Å². The van der Waals surface area contributed by atoms with Gasteiger partial charge < -0.3 is 19.9 Å². The lowest BCUT2D eigenvalue weighted by molar-refractivity contribution is 0.177. The Morgan fingerprint density at radius 1 is 1.71 bits per heavy atom. The summed E-state index contributed by atoms with van der Waals surface area (Å²) in [6.45, 7) is -6.98. The molecule has 1 aromatic heterocycles. The Morgan fingerprint density at radius 2 is 2.62 bits per heavy atom. The number of benzene rings is 1. The second-order valence-electron chi connectivity index (χ2n) is 4.38. The van der Waals surface area contributed by atoms with Crippen molar-refractivity contribution < 1.29 is 28.8 Å². The van der Waals surface area contributed by atoms with Crippen LogP contribution in [0.3, 0.4) is 0 Å². The largest absolute Gasteiger partial charge is 0.447 e. The number of nitrogens with one attached hydrogen (secondary N) is 2. The Kier molecular flexibility index (Phi) is 1.38. The fourth-order valence-electron chi connectivity index (χ4n) is 1.82. The van der Waals surface area contributed by atoms with E-state index in [1.54, 1.807) is 0 Å². The highest BCUT2D eigenvalue weighted by Gasteiger charge is 2.22. The Morgan fingerprint density at radius 3 is 3.38 bits per heavy atom. The highest BCUT2D eigenvalue weighted by Crippen LogP contribution is 2.21. The monoisotopic (exact) mass is 301 g/mol. The van der Waals surface area contributed by atoms with Crippen molar-refractivity contribution in [1.29, 1.82) is 0 Å². The number of carbonyl (C=O) groups excluding carboxylic acids is 1. The minimum atomic E-state index is -3.31. The molecular formula is C16H21N3O2. The van der Waals surface area contributed by atoms with E-state index >= 15 is 0 Å². The van der Waals surface area contributed by atoms with Crippen LogP contribution in [0, 0.1) is 0 Å². The van der Waals surface area contributed by atoms with Gasteiger partial charge in [-0.15, -0.1) is 0 Å². The number of rotatable bonds is 5. The maximum atomic E-state index is 11.6. The van der Waals surface area contributed by atoms with E-state index < -0.39 is 85.8 Å². The summed E-state index contributed by atoms with van der Waals surface area (Å²) in [4.78, 5) is 12.0. The van der Waals surface area contributed by atoms with Gasteiger partial charge in [-0.05, 0) is 50.0 Å². The van der Waals surface area contributed by atoms with Crippen molar-refractivity contribution in [1.82, 2.24) is 15.2 Å². The fourth-order valence-corrected chi connectivity index (χ4v) is 1.82. The average Bonchev–Trinajstić information content (AvgIpc) is 3.16. The zero-order valence-electron chi connectivity index (χ0n) is 25.1. The van der Waals surface area contributed by atoms with Crippen molar-refractivity contribution in [2.24, 2.45) is 0 Å². The molecule has 1 aromatic carbocycles. The Hall–Kier alpha value is -2.01. The fraction of sp³-hybridized carbons (Fsp3) is 0.438. The summed E-state index contributed by atoms with van der Waals surface area (Å²) in [7, 11) is 0.809. The first-order valence-electron chi connectivity index (χ1n) is 12.9. The first-order chi connectivity index (χ1) is 15.7. The third kappa shape index (κ3) is 3.19. The van der Waals surface area contributed by atoms with Crippen molar-refractivity contribution >= 4 is 17.0 Å². The van der Waals surface area contributed by atoms with Crippen LogP contribution in [0.1, 0.15) is 27.6 Å². The number of fused-ring (bicyclic) bond motifs is 1. The van der Waals surface area contributed by atoms with Crippen molar-refractivity contribution in [3.05, 3.63) is 35.4 Å². The molecule has 0 radical (unpaired) electrons. The Bertz CT molecular complexity index is 1210. The lowest BCUT2D eigenvalue weighted by Crippen LogP contribution is -2.28. The molecule has 112 valence electrons. The molecule has 2 heterocycles. The van der Waals surface area contributed by atoms with E-state index in [-0.39, 0.29) is 20.8 Å². The number of aromatic nitrogens is 1. The second kappa shape index (κ2) is 5.77. The number of likely N-dealkylation sites (N-methyl/N-ethyl adjacent to an activating group) is 1. The molecular weight excluding hydrogens is 266 g/mol. The van der Waals surface area contributed by atoms with Gasteiger partial charge in [-0.3, -0.25) is 0 Å². The molecule has 2 N–H and O–H groups in total. The minimum Gasteiger partial charge on any atom is -0.447 e. The molecule has 1 atom stereocenters.